The Labute approximate surface area is 252 Å². The van der Waals surface area contributed by atoms with Gasteiger partial charge in [-0.05, 0) is 6.42 Å². The molecule has 0 saturated heterocycles. The van der Waals surface area contributed by atoms with Crippen LogP contribution in [0.2, 0.25) is 0 Å². The van der Waals surface area contributed by atoms with Crippen LogP contribution in [0.5, 0.6) is 0 Å². The Morgan fingerprint density at radius 3 is 1.24 bits per heavy atom. The van der Waals surface area contributed by atoms with Gasteiger partial charge in [0.2, 0.25) is 0 Å². The molecule has 0 N–H and O–H groups in total. The molecule has 0 radical (unpaired) electrons. The van der Waals surface area contributed by atoms with Crippen LogP contribution < -0.4 is 0 Å². The number of carbonyl (C=O) groups excluding carboxylic acids is 2. The molecule has 0 saturated carbocycles. The molecule has 1 rings (SSSR count). The average Bonchev–Trinajstić information content (AvgIpc) is 3.02. The van der Waals surface area contributed by atoms with Crippen molar-refractivity contribution in [3.8, 4) is 0 Å². The van der Waals surface area contributed by atoms with Crippen LogP contribution in [0, 0.1) is 0 Å². The average molecular weight is 599 g/mol. The molecule has 0 aliphatic rings. The highest BCUT2D eigenvalue weighted by Gasteiger charge is 2.17. The summed E-state index contributed by atoms with van der Waals surface area (Å²) in [6.07, 6.45) is 10.5. The van der Waals surface area contributed by atoms with Gasteiger partial charge in [-0.1, -0.05) is 82.2 Å². The maximum Gasteiger partial charge on any atom is 0.379 e. The first kappa shape index (κ1) is 38.1. The summed E-state index contributed by atoms with van der Waals surface area (Å²) in [7, 11) is 0. The number of hydrogen-bond acceptors (Lipinski definition) is 10. The highest BCUT2D eigenvalue weighted by Crippen LogP contribution is 2.08. The molecule has 0 bridgehead atoms. The Bertz CT molecular complexity index is 731. The number of esters is 1. The van der Waals surface area contributed by atoms with Crippen molar-refractivity contribution in [3.05, 3.63) is 35.9 Å². The number of unbranched alkanes of at least 4 members (excludes halogenated alkanes) is 7. The van der Waals surface area contributed by atoms with Crippen molar-refractivity contribution in [3.63, 3.8) is 0 Å². The second-order valence-corrected chi connectivity index (χ2v) is 9.59. The molecule has 0 aliphatic heterocycles. The van der Waals surface area contributed by atoms with Crippen LogP contribution in [0.15, 0.2) is 30.3 Å². The van der Waals surface area contributed by atoms with E-state index >= 15 is 0 Å². The van der Waals surface area contributed by atoms with Gasteiger partial charge in [0, 0.05) is 12.2 Å². The SMILES string of the molecule is CCCCCCCCCCOCCOCCOCCOCCOCCOCCOCCOC(=O)C(=O)c1ccccc1. The monoisotopic (exact) mass is 598 g/mol. The van der Waals surface area contributed by atoms with Crippen molar-refractivity contribution in [1.29, 1.82) is 0 Å². The minimum absolute atomic E-state index is 0.00817. The quantitative estimate of drug-likeness (QED) is 0.0503. The van der Waals surface area contributed by atoms with Crippen molar-refractivity contribution in [2.75, 3.05) is 99.1 Å². The van der Waals surface area contributed by atoms with Crippen molar-refractivity contribution in [2.45, 2.75) is 58.3 Å². The minimum Gasteiger partial charge on any atom is -0.457 e. The first-order chi connectivity index (χ1) is 20.8. The summed E-state index contributed by atoms with van der Waals surface area (Å²) in [6.45, 7) is 9.24. The molecule has 242 valence electrons. The molecule has 1 aromatic carbocycles. The predicted octanol–water partition coefficient (Wildman–Crippen LogP) is 4.67. The van der Waals surface area contributed by atoms with Crippen molar-refractivity contribution in [2.24, 2.45) is 0 Å². The van der Waals surface area contributed by atoms with Gasteiger partial charge in [-0.15, -0.1) is 0 Å². The van der Waals surface area contributed by atoms with Crippen LogP contribution in [0.1, 0.15) is 68.6 Å². The van der Waals surface area contributed by atoms with E-state index in [9.17, 15) is 9.59 Å². The zero-order valence-electron chi connectivity index (χ0n) is 25.7. The van der Waals surface area contributed by atoms with Gasteiger partial charge in [0.1, 0.15) is 6.61 Å². The lowest BCUT2D eigenvalue weighted by Gasteiger charge is -2.08. The standard InChI is InChI=1S/C32H54O10/c1-2-3-4-5-6-7-8-12-15-35-16-17-36-18-19-37-20-21-38-22-23-39-24-25-40-26-27-41-28-29-42-32(34)31(33)30-13-10-9-11-14-30/h9-11,13-14H,2-8,12,15-29H2,1H3. The maximum absolute atomic E-state index is 11.9. The third kappa shape index (κ3) is 24.7. The van der Waals surface area contributed by atoms with Crippen LogP contribution >= 0.6 is 0 Å². The molecule has 10 heteroatoms. The minimum atomic E-state index is -0.888. The Balaban J connectivity index is 1.68. The molecule has 0 unspecified atom stereocenters. The van der Waals surface area contributed by atoms with Crippen LogP contribution in [0.3, 0.4) is 0 Å². The Morgan fingerprint density at radius 2 is 0.810 bits per heavy atom. The Morgan fingerprint density at radius 1 is 0.452 bits per heavy atom. The topological polar surface area (TPSA) is 108 Å². The Hall–Kier alpha value is -1.92. The number of benzene rings is 1. The van der Waals surface area contributed by atoms with Crippen molar-refractivity contribution >= 4 is 11.8 Å². The van der Waals surface area contributed by atoms with Crippen LogP contribution in [-0.4, -0.2) is 111 Å². The van der Waals surface area contributed by atoms with Gasteiger partial charge in [-0.25, -0.2) is 4.79 Å². The molecule has 1 aromatic rings. The number of rotatable bonds is 32. The fourth-order valence-electron chi connectivity index (χ4n) is 3.73. The summed E-state index contributed by atoms with van der Waals surface area (Å²) in [4.78, 5) is 23.6. The zero-order chi connectivity index (χ0) is 30.2. The molecule has 0 atom stereocenters. The van der Waals surface area contributed by atoms with Gasteiger partial charge in [-0.3, -0.25) is 4.79 Å². The maximum atomic E-state index is 11.9. The second-order valence-electron chi connectivity index (χ2n) is 9.59. The van der Waals surface area contributed by atoms with Crippen molar-refractivity contribution in [1.82, 2.24) is 0 Å². The summed E-state index contributed by atoms with van der Waals surface area (Å²) in [5.74, 6) is -1.56. The number of hydrogen-bond donors (Lipinski definition) is 0. The van der Waals surface area contributed by atoms with E-state index in [0.717, 1.165) is 13.0 Å². The molecule has 0 heterocycles. The lowest BCUT2D eigenvalue weighted by molar-refractivity contribution is -0.139. The number of ketones is 1. The van der Waals surface area contributed by atoms with Gasteiger partial charge in [0.25, 0.3) is 5.78 Å². The van der Waals surface area contributed by atoms with Crippen molar-refractivity contribution < 1.29 is 47.5 Å². The van der Waals surface area contributed by atoms with Crippen LogP contribution in [-0.2, 0) is 42.7 Å². The molecular formula is C32H54O10. The van der Waals surface area contributed by atoms with E-state index < -0.39 is 11.8 Å². The number of Topliss-reactive ketones (excluding diaryl/α,β-unsaturated/α-hetero) is 1. The fourth-order valence-corrected chi connectivity index (χ4v) is 3.73. The van der Waals surface area contributed by atoms with Gasteiger partial charge < -0.3 is 37.9 Å². The van der Waals surface area contributed by atoms with Gasteiger partial charge in [0.05, 0.1) is 85.9 Å². The molecule has 42 heavy (non-hydrogen) atoms. The third-order valence-corrected chi connectivity index (χ3v) is 6.06. The molecule has 0 fully saturated rings. The van der Waals surface area contributed by atoms with Gasteiger partial charge in [0.15, 0.2) is 0 Å². The van der Waals surface area contributed by atoms with E-state index in [4.69, 9.17) is 37.9 Å². The van der Waals surface area contributed by atoms with Gasteiger partial charge in [-0.2, -0.15) is 0 Å². The zero-order valence-corrected chi connectivity index (χ0v) is 25.7. The molecular weight excluding hydrogens is 544 g/mol. The van der Waals surface area contributed by atoms with Crippen LogP contribution in [0.4, 0.5) is 0 Å². The summed E-state index contributed by atoms with van der Waals surface area (Å²) < 4.78 is 43.2. The first-order valence-corrected chi connectivity index (χ1v) is 15.6. The van der Waals surface area contributed by atoms with E-state index in [1.165, 1.54) is 44.9 Å². The summed E-state index contributed by atoms with van der Waals surface area (Å²) in [5, 5.41) is 0. The normalized spacial score (nSPS) is 11.2. The largest absolute Gasteiger partial charge is 0.457 e. The van der Waals surface area contributed by atoms with E-state index in [2.05, 4.69) is 6.92 Å². The first-order valence-electron chi connectivity index (χ1n) is 15.6. The lowest BCUT2D eigenvalue weighted by atomic mass is 10.1. The van der Waals surface area contributed by atoms with E-state index in [0.29, 0.717) is 84.8 Å². The van der Waals surface area contributed by atoms with Crippen LogP contribution in [0.25, 0.3) is 0 Å². The second kappa shape index (κ2) is 30.5. The van der Waals surface area contributed by atoms with Gasteiger partial charge >= 0.3 is 5.97 Å². The molecule has 0 aromatic heterocycles. The third-order valence-electron chi connectivity index (χ3n) is 6.06. The predicted molar refractivity (Wildman–Crippen MR) is 160 cm³/mol. The molecule has 0 amide bonds. The smallest absolute Gasteiger partial charge is 0.379 e. The van der Waals surface area contributed by atoms with E-state index in [-0.39, 0.29) is 13.2 Å². The summed E-state index contributed by atoms with van der Waals surface area (Å²) >= 11 is 0. The number of carbonyl (C=O) groups is 2. The summed E-state index contributed by atoms with van der Waals surface area (Å²) in [5.41, 5.74) is 0.303. The Kier molecular flexibility index (Phi) is 27.7. The van der Waals surface area contributed by atoms with E-state index in [1.54, 1.807) is 30.3 Å². The highest BCUT2D eigenvalue weighted by molar-refractivity contribution is 6.40. The highest BCUT2D eigenvalue weighted by atomic mass is 16.6. The molecule has 0 aliphatic carbocycles. The lowest BCUT2D eigenvalue weighted by Crippen LogP contribution is -2.20. The van der Waals surface area contributed by atoms with E-state index in [1.807, 2.05) is 0 Å². The molecule has 0 spiro atoms. The molecule has 10 nitrogen and oxygen atoms in total. The fraction of sp³-hybridized carbons (Fsp3) is 0.750. The number of ether oxygens (including phenoxy) is 8. The summed E-state index contributed by atoms with van der Waals surface area (Å²) in [6, 6.07) is 8.29.